The van der Waals surface area contributed by atoms with E-state index in [1.165, 1.54) is 31.2 Å². The summed E-state index contributed by atoms with van der Waals surface area (Å²) in [7, 11) is 0. The molecule has 0 aliphatic heterocycles. The molecule has 0 fully saturated rings. The maximum absolute atomic E-state index is 12.8. The van der Waals surface area contributed by atoms with Crippen LogP contribution in [0.3, 0.4) is 0 Å². The van der Waals surface area contributed by atoms with Gasteiger partial charge in [0.25, 0.3) is 0 Å². The van der Waals surface area contributed by atoms with Crippen LogP contribution in [0.1, 0.15) is 6.92 Å². The number of carbonyl (C=O) groups is 1. The molecule has 0 saturated carbocycles. The van der Waals surface area contributed by atoms with E-state index in [4.69, 9.17) is 47.0 Å². The summed E-state index contributed by atoms with van der Waals surface area (Å²) in [6.07, 6.45) is -1.01. The number of anilines is 1. The van der Waals surface area contributed by atoms with E-state index in [1.807, 2.05) is 0 Å². The Morgan fingerprint density at radius 3 is 2.25 bits per heavy atom. The van der Waals surface area contributed by atoms with Crippen molar-refractivity contribution < 1.29 is 9.18 Å². The topological polar surface area (TPSA) is 53.2 Å². The molecule has 3 N–H and O–H groups in total. The van der Waals surface area contributed by atoms with Gasteiger partial charge in [0.1, 0.15) is 12.0 Å². The van der Waals surface area contributed by atoms with Gasteiger partial charge >= 0.3 is 0 Å². The third-order valence-electron chi connectivity index (χ3n) is 2.05. The number of alkyl halides is 3. The summed E-state index contributed by atoms with van der Waals surface area (Å²) in [5.41, 5.74) is 0.551. The molecule has 9 heteroatoms. The van der Waals surface area contributed by atoms with Crippen molar-refractivity contribution in [3.63, 3.8) is 0 Å². The molecule has 0 bridgehead atoms. The van der Waals surface area contributed by atoms with Crippen LogP contribution >= 0.6 is 47.0 Å². The summed E-state index contributed by atoms with van der Waals surface area (Å²) in [6.45, 7) is 1.28. The van der Waals surface area contributed by atoms with Crippen LogP contribution in [0.5, 0.6) is 0 Å². The highest BCUT2D eigenvalue weighted by molar-refractivity contribution is 7.80. The standard InChI is InChI=1S/C11H11Cl3FN3OS/c1-6(19)16-9(11(12,13)14)18-10(20)17-8-4-2-7(15)3-5-8/h2-5,9H,1H3,(H,16,19)(H2,17,18,20). The minimum Gasteiger partial charge on any atom is -0.339 e. The SMILES string of the molecule is CC(=O)NC(NC(=S)Nc1ccc(F)cc1)C(Cl)(Cl)Cl. The molecule has 1 atom stereocenters. The van der Waals surface area contributed by atoms with E-state index < -0.39 is 15.9 Å². The molecule has 4 nitrogen and oxygen atoms in total. The Labute approximate surface area is 136 Å². The number of halogens is 4. The molecule has 0 aromatic heterocycles. The highest BCUT2D eigenvalue weighted by Gasteiger charge is 2.33. The third kappa shape index (κ3) is 6.09. The Hall–Kier alpha value is -0.820. The first-order valence-electron chi connectivity index (χ1n) is 5.35. The van der Waals surface area contributed by atoms with E-state index in [0.717, 1.165) is 0 Å². The maximum atomic E-state index is 12.8. The molecule has 0 aliphatic carbocycles. The highest BCUT2D eigenvalue weighted by Crippen LogP contribution is 2.29. The van der Waals surface area contributed by atoms with Gasteiger partial charge in [-0.15, -0.1) is 0 Å². The first kappa shape index (κ1) is 17.2. The van der Waals surface area contributed by atoms with E-state index in [0.29, 0.717) is 5.69 Å². The van der Waals surface area contributed by atoms with Crippen LogP contribution in [0.4, 0.5) is 10.1 Å². The zero-order valence-corrected chi connectivity index (χ0v) is 13.3. The molecular weight excluding hydrogens is 348 g/mol. The van der Waals surface area contributed by atoms with Gasteiger partial charge in [0.2, 0.25) is 9.70 Å². The molecular formula is C11H11Cl3FN3OS. The summed E-state index contributed by atoms with van der Waals surface area (Å²) in [5.74, 6) is -0.759. The predicted octanol–water partition coefficient (Wildman–Crippen LogP) is 2.94. The molecule has 110 valence electrons. The van der Waals surface area contributed by atoms with Gasteiger partial charge in [0.15, 0.2) is 5.11 Å². The largest absolute Gasteiger partial charge is 0.339 e. The maximum Gasteiger partial charge on any atom is 0.228 e. The lowest BCUT2D eigenvalue weighted by Gasteiger charge is -2.27. The van der Waals surface area contributed by atoms with Gasteiger partial charge in [0.05, 0.1) is 0 Å². The minimum absolute atomic E-state index is 0.113. The summed E-state index contributed by atoms with van der Waals surface area (Å²) in [4.78, 5) is 11.0. The van der Waals surface area contributed by atoms with Gasteiger partial charge in [0, 0.05) is 12.6 Å². The number of amides is 1. The fourth-order valence-corrected chi connectivity index (χ4v) is 1.80. The van der Waals surface area contributed by atoms with Crippen LogP contribution in [0.2, 0.25) is 0 Å². The lowest BCUT2D eigenvalue weighted by Crippen LogP contribution is -2.55. The molecule has 0 radical (unpaired) electrons. The van der Waals surface area contributed by atoms with Gasteiger partial charge in [-0.2, -0.15) is 0 Å². The van der Waals surface area contributed by atoms with Crippen molar-refractivity contribution in [2.75, 3.05) is 5.32 Å². The Morgan fingerprint density at radius 1 is 1.25 bits per heavy atom. The number of hydrogen-bond acceptors (Lipinski definition) is 2. The van der Waals surface area contributed by atoms with Crippen molar-refractivity contribution in [3.8, 4) is 0 Å². The predicted molar refractivity (Wildman–Crippen MR) is 83.7 cm³/mol. The van der Waals surface area contributed by atoms with Gasteiger partial charge in [-0.1, -0.05) is 34.8 Å². The first-order chi connectivity index (χ1) is 9.18. The molecule has 0 heterocycles. The lowest BCUT2D eigenvalue weighted by molar-refractivity contribution is -0.119. The monoisotopic (exact) mass is 357 g/mol. The van der Waals surface area contributed by atoms with Crippen molar-refractivity contribution in [1.82, 2.24) is 10.6 Å². The molecule has 0 spiro atoms. The molecule has 20 heavy (non-hydrogen) atoms. The lowest BCUT2D eigenvalue weighted by atomic mass is 10.3. The van der Waals surface area contributed by atoms with Crippen molar-refractivity contribution in [2.24, 2.45) is 0 Å². The van der Waals surface area contributed by atoms with Crippen LogP contribution in [0.25, 0.3) is 0 Å². The number of thiocarbonyl (C=S) groups is 1. The summed E-state index contributed by atoms with van der Waals surface area (Å²) >= 11 is 22.2. The molecule has 1 rings (SSSR count). The first-order valence-corrected chi connectivity index (χ1v) is 6.89. The van der Waals surface area contributed by atoms with Crippen LogP contribution in [-0.4, -0.2) is 21.0 Å². The van der Waals surface area contributed by atoms with Crippen molar-refractivity contribution >= 4 is 63.7 Å². The Morgan fingerprint density at radius 2 is 1.80 bits per heavy atom. The van der Waals surface area contributed by atoms with Crippen LogP contribution in [0.15, 0.2) is 24.3 Å². The number of hydrogen-bond donors (Lipinski definition) is 3. The number of rotatable bonds is 3. The van der Waals surface area contributed by atoms with Crippen molar-refractivity contribution in [3.05, 3.63) is 30.1 Å². The molecule has 1 unspecified atom stereocenters. The highest BCUT2D eigenvalue weighted by atomic mass is 35.6. The van der Waals surface area contributed by atoms with E-state index in [9.17, 15) is 9.18 Å². The Kier molecular flexibility index (Phi) is 6.26. The second kappa shape index (κ2) is 7.26. The molecule has 1 aromatic carbocycles. The van der Waals surface area contributed by atoms with Crippen LogP contribution in [0, 0.1) is 5.82 Å². The normalized spacial score (nSPS) is 12.4. The number of benzene rings is 1. The number of carbonyl (C=O) groups excluding carboxylic acids is 1. The molecule has 0 saturated heterocycles. The van der Waals surface area contributed by atoms with E-state index in [-0.39, 0.29) is 10.9 Å². The fourth-order valence-electron chi connectivity index (χ4n) is 1.23. The van der Waals surface area contributed by atoms with Gasteiger partial charge in [-0.05, 0) is 36.5 Å². The zero-order valence-electron chi connectivity index (χ0n) is 10.2. The summed E-state index contributed by atoms with van der Waals surface area (Å²) < 4.78 is 11.0. The van der Waals surface area contributed by atoms with Crippen molar-refractivity contribution in [1.29, 1.82) is 0 Å². The quantitative estimate of drug-likeness (QED) is 0.442. The summed E-state index contributed by atoms with van der Waals surface area (Å²) in [6, 6.07) is 5.52. The van der Waals surface area contributed by atoms with E-state index in [2.05, 4.69) is 16.0 Å². The third-order valence-corrected chi connectivity index (χ3v) is 2.93. The molecule has 0 aliphatic rings. The Balaban J connectivity index is 2.66. The second-order valence-corrected chi connectivity index (χ2v) is 6.56. The van der Waals surface area contributed by atoms with Crippen LogP contribution < -0.4 is 16.0 Å². The van der Waals surface area contributed by atoms with Crippen molar-refractivity contribution in [2.45, 2.75) is 16.9 Å². The second-order valence-electron chi connectivity index (χ2n) is 3.78. The summed E-state index contributed by atoms with van der Waals surface area (Å²) in [5, 5.41) is 7.95. The fraction of sp³-hybridized carbons (Fsp3) is 0.273. The average molecular weight is 359 g/mol. The van der Waals surface area contributed by atoms with Gasteiger partial charge < -0.3 is 16.0 Å². The minimum atomic E-state index is -1.79. The van der Waals surface area contributed by atoms with E-state index >= 15 is 0 Å². The van der Waals surface area contributed by atoms with Gasteiger partial charge in [-0.25, -0.2) is 4.39 Å². The zero-order chi connectivity index (χ0) is 15.3. The molecule has 1 aromatic rings. The van der Waals surface area contributed by atoms with Crippen LogP contribution in [-0.2, 0) is 4.79 Å². The van der Waals surface area contributed by atoms with Gasteiger partial charge in [-0.3, -0.25) is 4.79 Å². The average Bonchev–Trinajstić information content (AvgIpc) is 2.29. The number of nitrogens with one attached hydrogen (secondary N) is 3. The van der Waals surface area contributed by atoms with E-state index in [1.54, 1.807) is 0 Å². The Bertz CT molecular complexity index is 493. The molecule has 1 amide bonds. The smallest absolute Gasteiger partial charge is 0.228 e.